The molecule has 0 amide bonds. The lowest BCUT2D eigenvalue weighted by Gasteiger charge is -2.12. The van der Waals surface area contributed by atoms with Crippen molar-refractivity contribution in [2.45, 2.75) is 11.9 Å². The molecule has 0 unspecified atom stereocenters. The minimum atomic E-state index is -4.56. The van der Waals surface area contributed by atoms with Gasteiger partial charge in [-0.25, -0.2) is 4.99 Å². The third-order valence-electron chi connectivity index (χ3n) is 3.68. The molecule has 3 aromatic rings. The van der Waals surface area contributed by atoms with Crippen molar-refractivity contribution >= 4 is 45.7 Å². The van der Waals surface area contributed by atoms with Crippen LogP contribution in [0.25, 0.3) is 0 Å². The molecule has 3 rings (SSSR count). The molecule has 0 atom stereocenters. The molecule has 2 aromatic carbocycles. The number of hydrogen-bond acceptors (Lipinski definition) is 3. The van der Waals surface area contributed by atoms with Gasteiger partial charge in [0.15, 0.2) is 0 Å². The Labute approximate surface area is 174 Å². The van der Waals surface area contributed by atoms with E-state index >= 15 is 0 Å². The highest BCUT2D eigenvalue weighted by molar-refractivity contribution is 8.13. The lowest BCUT2D eigenvalue weighted by atomic mass is 10.1. The van der Waals surface area contributed by atoms with Gasteiger partial charge in [-0.15, -0.1) is 11.8 Å². The fourth-order valence-electron chi connectivity index (χ4n) is 2.34. The monoisotopic (exact) mass is 440 g/mol. The zero-order valence-corrected chi connectivity index (χ0v) is 16.6. The quantitative estimate of drug-likeness (QED) is 0.311. The first-order valence-corrected chi connectivity index (χ1v) is 9.80. The summed E-state index contributed by atoms with van der Waals surface area (Å²) in [6.45, 7) is 0. The summed E-state index contributed by atoms with van der Waals surface area (Å²) < 4.78 is 40.2. The molecule has 0 aliphatic rings. The normalized spacial score (nSPS) is 12.2. The van der Waals surface area contributed by atoms with E-state index in [4.69, 9.17) is 23.2 Å². The molecule has 28 heavy (non-hydrogen) atoms. The smallest absolute Gasteiger partial charge is 0.264 e. The molecule has 1 heterocycles. The predicted octanol–water partition coefficient (Wildman–Crippen LogP) is 7.42. The fourth-order valence-corrected chi connectivity index (χ4v) is 3.59. The van der Waals surface area contributed by atoms with Crippen LogP contribution in [0.5, 0.6) is 0 Å². The van der Waals surface area contributed by atoms with E-state index in [9.17, 15) is 13.2 Å². The highest BCUT2D eigenvalue weighted by atomic mass is 35.5. The third kappa shape index (κ3) is 5.50. The van der Waals surface area contributed by atoms with Gasteiger partial charge in [-0.2, -0.15) is 13.2 Å². The first-order valence-electron chi connectivity index (χ1n) is 8.06. The lowest BCUT2D eigenvalue weighted by molar-refractivity contribution is -0.137. The number of alkyl halides is 3. The molecule has 8 heteroatoms. The van der Waals surface area contributed by atoms with E-state index in [1.54, 1.807) is 36.7 Å². The SMILES string of the molecule is FC(F)(F)c1cc(Cl)ccc1N=C(SCc1ccc(Cl)cc1)c1cccnc1. The number of halogens is 5. The molecule has 0 saturated carbocycles. The highest BCUT2D eigenvalue weighted by Gasteiger charge is 2.34. The molecule has 2 nitrogen and oxygen atoms in total. The topological polar surface area (TPSA) is 25.2 Å². The van der Waals surface area contributed by atoms with Crippen molar-refractivity contribution in [1.82, 2.24) is 4.98 Å². The Kier molecular flexibility index (Phi) is 6.65. The maximum atomic E-state index is 13.4. The summed E-state index contributed by atoms with van der Waals surface area (Å²) in [6, 6.07) is 14.2. The molecule has 0 saturated heterocycles. The molecule has 0 aliphatic heterocycles. The zero-order valence-electron chi connectivity index (χ0n) is 14.3. The summed E-state index contributed by atoms with van der Waals surface area (Å²) >= 11 is 13.0. The maximum absolute atomic E-state index is 13.4. The van der Waals surface area contributed by atoms with Crippen LogP contribution in [-0.2, 0) is 11.9 Å². The maximum Gasteiger partial charge on any atom is 0.418 e. The molecular weight excluding hydrogens is 428 g/mol. The van der Waals surface area contributed by atoms with Gasteiger partial charge >= 0.3 is 6.18 Å². The first-order chi connectivity index (χ1) is 13.3. The minimum Gasteiger partial charge on any atom is -0.264 e. The Morgan fingerprint density at radius 1 is 1.00 bits per heavy atom. The van der Waals surface area contributed by atoms with Crippen molar-refractivity contribution in [3.8, 4) is 0 Å². The number of pyridine rings is 1. The summed E-state index contributed by atoms with van der Waals surface area (Å²) in [6.07, 6.45) is -1.41. The average Bonchev–Trinajstić information content (AvgIpc) is 2.67. The van der Waals surface area contributed by atoms with Gasteiger partial charge in [-0.1, -0.05) is 35.3 Å². The van der Waals surface area contributed by atoms with E-state index in [2.05, 4.69) is 9.98 Å². The van der Waals surface area contributed by atoms with E-state index in [1.165, 1.54) is 23.9 Å². The zero-order chi connectivity index (χ0) is 20.1. The number of benzene rings is 2. The van der Waals surface area contributed by atoms with Crippen LogP contribution in [0, 0.1) is 0 Å². The number of thioether (sulfide) groups is 1. The third-order valence-corrected chi connectivity index (χ3v) is 5.25. The van der Waals surface area contributed by atoms with E-state index in [0.717, 1.165) is 11.6 Å². The van der Waals surface area contributed by atoms with E-state index in [0.29, 0.717) is 21.4 Å². The van der Waals surface area contributed by atoms with Crippen LogP contribution in [0.3, 0.4) is 0 Å². The molecule has 1 aromatic heterocycles. The number of aliphatic imine (C=N–C) groups is 1. The Hall–Kier alpha value is -2.02. The van der Waals surface area contributed by atoms with Gasteiger partial charge in [0.1, 0.15) is 5.04 Å². The molecule has 0 N–H and O–H groups in total. The molecule has 0 bridgehead atoms. The van der Waals surface area contributed by atoms with Gasteiger partial charge in [0.25, 0.3) is 0 Å². The number of rotatable bonds is 4. The van der Waals surface area contributed by atoms with Gasteiger partial charge in [0.05, 0.1) is 11.3 Å². The van der Waals surface area contributed by atoms with Crippen molar-refractivity contribution in [1.29, 1.82) is 0 Å². The molecule has 0 spiro atoms. The molecular formula is C20H13Cl2F3N2S. The first kappa shape index (κ1) is 20.7. The highest BCUT2D eigenvalue weighted by Crippen LogP contribution is 2.38. The van der Waals surface area contributed by atoms with Gasteiger partial charge < -0.3 is 0 Å². The van der Waals surface area contributed by atoms with Crippen LogP contribution in [0.4, 0.5) is 18.9 Å². The van der Waals surface area contributed by atoms with Gasteiger partial charge in [0, 0.05) is 33.8 Å². The summed E-state index contributed by atoms with van der Waals surface area (Å²) in [4.78, 5) is 8.35. The van der Waals surface area contributed by atoms with Crippen LogP contribution in [-0.4, -0.2) is 10.0 Å². The van der Waals surface area contributed by atoms with E-state index in [1.807, 2.05) is 12.1 Å². The van der Waals surface area contributed by atoms with Crippen LogP contribution >= 0.6 is 35.0 Å². The Bertz CT molecular complexity index is 975. The van der Waals surface area contributed by atoms with Gasteiger partial charge in [-0.3, -0.25) is 4.98 Å². The Morgan fingerprint density at radius 2 is 1.71 bits per heavy atom. The van der Waals surface area contributed by atoms with Crippen LogP contribution in [0.2, 0.25) is 10.0 Å². The molecule has 0 radical (unpaired) electrons. The number of hydrogen-bond donors (Lipinski definition) is 0. The van der Waals surface area contributed by atoms with Gasteiger partial charge in [0.2, 0.25) is 0 Å². The summed E-state index contributed by atoms with van der Waals surface area (Å²) in [5.74, 6) is 0.514. The van der Waals surface area contributed by atoms with Crippen molar-refractivity contribution in [2.24, 2.45) is 4.99 Å². The van der Waals surface area contributed by atoms with E-state index < -0.39 is 11.7 Å². The van der Waals surface area contributed by atoms with Crippen molar-refractivity contribution in [2.75, 3.05) is 0 Å². The van der Waals surface area contributed by atoms with Gasteiger partial charge in [-0.05, 0) is 48.0 Å². The summed E-state index contributed by atoms with van der Waals surface area (Å²) in [5, 5.41) is 1.05. The standard InChI is InChI=1S/C20H13Cl2F3N2S/c21-15-5-3-13(4-6-15)12-28-19(14-2-1-9-26-11-14)27-18-8-7-16(22)10-17(18)20(23,24)25/h1-11H,12H2. The van der Waals surface area contributed by atoms with Crippen LogP contribution < -0.4 is 0 Å². The second kappa shape index (κ2) is 8.99. The fraction of sp³-hybridized carbons (Fsp3) is 0.100. The lowest BCUT2D eigenvalue weighted by Crippen LogP contribution is -2.06. The summed E-state index contributed by atoms with van der Waals surface area (Å²) in [5.41, 5.74) is 0.524. The van der Waals surface area contributed by atoms with Crippen LogP contribution in [0.1, 0.15) is 16.7 Å². The molecule has 0 aliphatic carbocycles. The number of aromatic nitrogens is 1. The van der Waals surface area contributed by atoms with Crippen molar-refractivity contribution in [3.05, 3.63) is 93.7 Å². The van der Waals surface area contributed by atoms with Crippen molar-refractivity contribution in [3.63, 3.8) is 0 Å². The Balaban J connectivity index is 1.99. The molecule has 0 fully saturated rings. The average molecular weight is 441 g/mol. The van der Waals surface area contributed by atoms with Crippen LogP contribution in [0.15, 0.2) is 72.0 Å². The summed E-state index contributed by atoms with van der Waals surface area (Å²) in [7, 11) is 0. The van der Waals surface area contributed by atoms with E-state index in [-0.39, 0.29) is 10.7 Å². The Morgan fingerprint density at radius 3 is 2.36 bits per heavy atom. The largest absolute Gasteiger partial charge is 0.418 e. The minimum absolute atomic E-state index is 0.00280. The van der Waals surface area contributed by atoms with Crippen molar-refractivity contribution < 1.29 is 13.2 Å². The second-order valence-electron chi connectivity index (χ2n) is 5.73. The predicted molar refractivity (Wildman–Crippen MR) is 110 cm³/mol. The second-order valence-corrected chi connectivity index (χ2v) is 7.57. The molecule has 144 valence electrons. The number of nitrogens with zero attached hydrogens (tertiary/aromatic N) is 2.